The van der Waals surface area contributed by atoms with Gasteiger partial charge in [0.2, 0.25) is 0 Å². The van der Waals surface area contributed by atoms with Crippen molar-refractivity contribution in [2.75, 3.05) is 13.2 Å². The summed E-state index contributed by atoms with van der Waals surface area (Å²) >= 11 is 6.19. The third-order valence-corrected chi connectivity index (χ3v) is 5.05. The van der Waals surface area contributed by atoms with Crippen molar-refractivity contribution in [1.82, 2.24) is 25.1 Å². The van der Waals surface area contributed by atoms with E-state index in [2.05, 4.69) is 20.6 Å². The van der Waals surface area contributed by atoms with Crippen LogP contribution >= 0.6 is 11.6 Å². The SMILES string of the molecule is Cc1ccc(C(=O)NCCC(=O)OCC(C)(C)c2nnc3c(Cl)c(C)[nH]n23)cc1. The number of carbonyl (C=O) groups is 2. The molecule has 8 nitrogen and oxygen atoms in total. The van der Waals surface area contributed by atoms with Gasteiger partial charge in [-0.3, -0.25) is 14.7 Å². The Bertz CT molecular complexity index is 1040. The number of fused-ring (bicyclic) bond motifs is 1. The van der Waals surface area contributed by atoms with E-state index < -0.39 is 11.4 Å². The summed E-state index contributed by atoms with van der Waals surface area (Å²) < 4.78 is 7.10. The molecule has 0 aliphatic rings. The maximum absolute atomic E-state index is 12.1. The molecule has 0 saturated heterocycles. The van der Waals surface area contributed by atoms with E-state index >= 15 is 0 Å². The minimum atomic E-state index is -0.582. The Morgan fingerprint density at radius 3 is 2.59 bits per heavy atom. The summed E-state index contributed by atoms with van der Waals surface area (Å²) in [6.07, 6.45) is 0.0797. The lowest BCUT2D eigenvalue weighted by Gasteiger charge is -2.21. The number of benzene rings is 1. The fourth-order valence-corrected chi connectivity index (χ4v) is 3.00. The average molecular weight is 418 g/mol. The molecular weight excluding hydrogens is 394 g/mol. The number of nitrogens with zero attached hydrogens (tertiary/aromatic N) is 3. The largest absolute Gasteiger partial charge is 0.465 e. The molecular formula is C20H24ClN5O3. The van der Waals surface area contributed by atoms with Crippen LogP contribution in [0, 0.1) is 13.8 Å². The fraction of sp³-hybridized carbons (Fsp3) is 0.400. The Morgan fingerprint density at radius 2 is 1.90 bits per heavy atom. The standard InChI is InChI=1S/C20H24ClN5O3/c1-12-5-7-14(8-6-12)18(28)22-10-9-15(27)29-11-20(3,4)19-24-23-17-16(21)13(2)25-26(17)19/h5-8,25H,9-11H2,1-4H3,(H,22,28). The van der Waals surface area contributed by atoms with E-state index in [0.717, 1.165) is 11.3 Å². The van der Waals surface area contributed by atoms with Gasteiger partial charge in [-0.25, -0.2) is 4.52 Å². The average Bonchev–Trinajstić information content (AvgIpc) is 3.21. The number of H-pyrrole nitrogens is 1. The van der Waals surface area contributed by atoms with Crippen LogP contribution in [0.1, 0.15) is 47.7 Å². The number of ether oxygens (including phenoxy) is 1. The molecule has 154 valence electrons. The van der Waals surface area contributed by atoms with Gasteiger partial charge in [0, 0.05) is 12.1 Å². The second-order valence-corrected chi connectivity index (χ2v) is 8.03. The molecule has 0 unspecified atom stereocenters. The topological polar surface area (TPSA) is 101 Å². The summed E-state index contributed by atoms with van der Waals surface area (Å²) in [5.74, 6) is -0.00492. The normalized spacial score (nSPS) is 11.6. The molecule has 0 bridgehead atoms. The van der Waals surface area contributed by atoms with Crippen molar-refractivity contribution >= 4 is 29.1 Å². The van der Waals surface area contributed by atoms with E-state index in [1.165, 1.54) is 0 Å². The van der Waals surface area contributed by atoms with Crippen LogP contribution in [0.15, 0.2) is 24.3 Å². The molecule has 1 aromatic carbocycles. The van der Waals surface area contributed by atoms with Gasteiger partial charge in [0.15, 0.2) is 11.5 Å². The van der Waals surface area contributed by atoms with Crippen LogP contribution in [-0.4, -0.2) is 44.8 Å². The predicted octanol–water partition coefficient (Wildman–Crippen LogP) is 2.97. The minimum Gasteiger partial charge on any atom is -0.465 e. The molecule has 0 saturated carbocycles. The van der Waals surface area contributed by atoms with Crippen LogP contribution < -0.4 is 5.32 Å². The Morgan fingerprint density at radius 1 is 1.21 bits per heavy atom. The molecule has 29 heavy (non-hydrogen) atoms. The lowest BCUT2D eigenvalue weighted by molar-refractivity contribution is -0.145. The number of rotatable bonds is 7. The smallest absolute Gasteiger partial charge is 0.307 e. The van der Waals surface area contributed by atoms with E-state index in [-0.39, 0.29) is 25.5 Å². The van der Waals surface area contributed by atoms with Gasteiger partial charge in [0.1, 0.15) is 11.6 Å². The van der Waals surface area contributed by atoms with E-state index in [1.807, 2.05) is 39.8 Å². The van der Waals surface area contributed by atoms with Gasteiger partial charge in [-0.15, -0.1) is 10.2 Å². The summed E-state index contributed by atoms with van der Waals surface area (Å²) in [6.45, 7) is 7.93. The van der Waals surface area contributed by atoms with Crippen molar-refractivity contribution < 1.29 is 14.3 Å². The molecule has 0 radical (unpaired) electrons. The minimum absolute atomic E-state index is 0.0797. The zero-order valence-electron chi connectivity index (χ0n) is 16.9. The maximum Gasteiger partial charge on any atom is 0.307 e. The third kappa shape index (κ3) is 4.59. The molecule has 0 aliphatic heterocycles. The van der Waals surface area contributed by atoms with E-state index in [4.69, 9.17) is 16.3 Å². The highest BCUT2D eigenvalue weighted by atomic mass is 35.5. The summed E-state index contributed by atoms with van der Waals surface area (Å²) in [7, 11) is 0. The molecule has 2 aromatic heterocycles. The quantitative estimate of drug-likeness (QED) is 0.575. The van der Waals surface area contributed by atoms with Crippen LogP contribution in [0.4, 0.5) is 0 Å². The van der Waals surface area contributed by atoms with Crippen LogP contribution in [0.5, 0.6) is 0 Å². The van der Waals surface area contributed by atoms with E-state index in [1.54, 1.807) is 16.6 Å². The summed E-state index contributed by atoms with van der Waals surface area (Å²) in [4.78, 5) is 24.2. The molecule has 3 aromatic rings. The van der Waals surface area contributed by atoms with Crippen LogP contribution in [-0.2, 0) is 14.9 Å². The third-order valence-electron chi connectivity index (χ3n) is 4.60. The second-order valence-electron chi connectivity index (χ2n) is 7.65. The van der Waals surface area contributed by atoms with Gasteiger partial charge in [0.05, 0.1) is 17.5 Å². The van der Waals surface area contributed by atoms with Gasteiger partial charge in [-0.2, -0.15) is 0 Å². The van der Waals surface area contributed by atoms with E-state index in [9.17, 15) is 9.59 Å². The zero-order chi connectivity index (χ0) is 21.2. The zero-order valence-corrected chi connectivity index (χ0v) is 17.6. The fourth-order valence-electron chi connectivity index (χ4n) is 2.84. The number of aryl methyl sites for hydroxylation is 2. The Balaban J connectivity index is 1.51. The Labute approximate surface area is 173 Å². The molecule has 2 N–H and O–H groups in total. The van der Waals surface area contributed by atoms with Gasteiger partial charge < -0.3 is 10.1 Å². The number of aromatic nitrogens is 4. The first-order valence-electron chi connectivity index (χ1n) is 9.29. The molecule has 1 amide bonds. The van der Waals surface area contributed by atoms with Gasteiger partial charge in [-0.1, -0.05) is 29.3 Å². The lowest BCUT2D eigenvalue weighted by Crippen LogP contribution is -2.31. The van der Waals surface area contributed by atoms with Crippen molar-refractivity contribution in [2.24, 2.45) is 0 Å². The van der Waals surface area contributed by atoms with Crippen molar-refractivity contribution in [3.05, 3.63) is 51.9 Å². The molecule has 0 aliphatic carbocycles. The van der Waals surface area contributed by atoms with Crippen molar-refractivity contribution in [1.29, 1.82) is 0 Å². The first kappa shape index (κ1) is 20.9. The number of nitrogens with one attached hydrogen (secondary N) is 2. The van der Waals surface area contributed by atoms with Crippen molar-refractivity contribution in [3.63, 3.8) is 0 Å². The number of hydrogen-bond acceptors (Lipinski definition) is 5. The predicted molar refractivity (Wildman–Crippen MR) is 109 cm³/mol. The lowest BCUT2D eigenvalue weighted by atomic mass is 9.94. The number of halogens is 1. The Hall–Kier alpha value is -2.87. The molecule has 0 atom stereocenters. The first-order valence-corrected chi connectivity index (χ1v) is 9.67. The molecule has 3 rings (SSSR count). The second kappa shape index (κ2) is 8.24. The highest BCUT2D eigenvalue weighted by molar-refractivity contribution is 6.34. The summed E-state index contributed by atoms with van der Waals surface area (Å²) in [6, 6.07) is 7.23. The first-order chi connectivity index (χ1) is 13.7. The molecule has 0 fully saturated rings. The Kier molecular flexibility index (Phi) is 5.93. The number of hydrogen-bond donors (Lipinski definition) is 2. The number of carbonyl (C=O) groups excluding carboxylic acids is 2. The number of esters is 1. The van der Waals surface area contributed by atoms with Crippen LogP contribution in [0.3, 0.4) is 0 Å². The number of aromatic amines is 1. The van der Waals surface area contributed by atoms with E-state index in [0.29, 0.717) is 22.1 Å². The van der Waals surface area contributed by atoms with Crippen molar-refractivity contribution in [2.45, 2.75) is 39.5 Å². The number of amides is 1. The van der Waals surface area contributed by atoms with Crippen LogP contribution in [0.2, 0.25) is 5.02 Å². The highest BCUT2D eigenvalue weighted by Gasteiger charge is 2.30. The highest BCUT2D eigenvalue weighted by Crippen LogP contribution is 2.26. The van der Waals surface area contributed by atoms with Gasteiger partial charge in [-0.05, 0) is 39.8 Å². The summed E-state index contributed by atoms with van der Waals surface area (Å²) in [5, 5.41) is 14.6. The molecule has 9 heteroatoms. The monoisotopic (exact) mass is 417 g/mol. The van der Waals surface area contributed by atoms with Crippen LogP contribution in [0.25, 0.3) is 5.65 Å². The molecule has 2 heterocycles. The maximum atomic E-state index is 12.1. The van der Waals surface area contributed by atoms with Crippen molar-refractivity contribution in [3.8, 4) is 0 Å². The van der Waals surface area contributed by atoms with Gasteiger partial charge in [0.25, 0.3) is 5.91 Å². The molecule has 0 spiro atoms. The summed E-state index contributed by atoms with van der Waals surface area (Å²) in [5.41, 5.74) is 2.38. The van der Waals surface area contributed by atoms with Gasteiger partial charge >= 0.3 is 5.97 Å².